The summed E-state index contributed by atoms with van der Waals surface area (Å²) in [7, 11) is 0. The van der Waals surface area contributed by atoms with E-state index in [-0.39, 0.29) is 0 Å². The zero-order valence-corrected chi connectivity index (χ0v) is 22.4. The average molecular weight is 553 g/mol. The van der Waals surface area contributed by atoms with Gasteiger partial charge in [0.15, 0.2) is 0 Å². The van der Waals surface area contributed by atoms with Crippen molar-refractivity contribution in [3.05, 3.63) is 162 Å². The van der Waals surface area contributed by atoms with Crippen molar-refractivity contribution in [2.24, 2.45) is 0 Å². The average Bonchev–Trinajstić information content (AvgIpc) is 3.00. The molecular weight excluding hydrogens is 526 g/mol. The van der Waals surface area contributed by atoms with Gasteiger partial charge >= 0.3 is 0 Å². The van der Waals surface area contributed by atoms with Gasteiger partial charge in [0.2, 0.25) is 0 Å². The van der Waals surface area contributed by atoms with Crippen LogP contribution < -0.4 is 4.90 Å². The summed E-state index contributed by atoms with van der Waals surface area (Å²) in [5.74, 6) is 0. The zero-order chi connectivity index (χ0) is 25.7. The standard InChI is InChI=1S/C36H26BrN/c37-36-14-8-7-13-35(36)31-21-25-34(26-22-31)38(32-11-5-2-6-12-32)33-23-19-30(20-24-33)29-17-15-28(16-18-29)27-9-3-1-4-10-27/h1-26H. The fraction of sp³-hybridized carbons (Fsp3) is 0. The van der Waals surface area contributed by atoms with Gasteiger partial charge in [-0.1, -0.05) is 131 Å². The first-order valence-electron chi connectivity index (χ1n) is 12.7. The molecule has 0 aliphatic heterocycles. The molecule has 6 rings (SSSR count). The van der Waals surface area contributed by atoms with E-state index in [1.54, 1.807) is 0 Å². The normalized spacial score (nSPS) is 10.8. The van der Waals surface area contributed by atoms with Gasteiger partial charge < -0.3 is 4.90 Å². The van der Waals surface area contributed by atoms with Crippen LogP contribution >= 0.6 is 15.9 Å². The molecule has 1 nitrogen and oxygen atoms in total. The highest BCUT2D eigenvalue weighted by Gasteiger charge is 2.13. The van der Waals surface area contributed by atoms with Crippen LogP contribution in [-0.2, 0) is 0 Å². The van der Waals surface area contributed by atoms with Crippen molar-refractivity contribution in [2.75, 3.05) is 4.90 Å². The Labute approximate surface area is 232 Å². The van der Waals surface area contributed by atoms with Crippen molar-refractivity contribution in [1.82, 2.24) is 0 Å². The Kier molecular flexibility index (Phi) is 6.89. The van der Waals surface area contributed by atoms with E-state index in [1.165, 1.54) is 33.4 Å². The van der Waals surface area contributed by atoms with Crippen LogP contribution in [0, 0.1) is 0 Å². The minimum absolute atomic E-state index is 1.10. The van der Waals surface area contributed by atoms with Gasteiger partial charge in [-0.05, 0) is 75.8 Å². The molecule has 2 heteroatoms. The van der Waals surface area contributed by atoms with Crippen molar-refractivity contribution in [2.45, 2.75) is 0 Å². The summed E-state index contributed by atoms with van der Waals surface area (Å²) in [5, 5.41) is 0. The molecule has 6 aromatic rings. The molecule has 0 spiro atoms. The van der Waals surface area contributed by atoms with Gasteiger partial charge in [-0.15, -0.1) is 0 Å². The van der Waals surface area contributed by atoms with Crippen molar-refractivity contribution in [3.63, 3.8) is 0 Å². The molecule has 0 saturated carbocycles. The van der Waals surface area contributed by atoms with Gasteiger partial charge in [0.05, 0.1) is 0 Å². The SMILES string of the molecule is Brc1ccccc1-c1ccc(N(c2ccccc2)c2ccc(-c3ccc(-c4ccccc4)cc3)cc2)cc1. The van der Waals surface area contributed by atoms with Crippen LogP contribution in [0.3, 0.4) is 0 Å². The van der Waals surface area contributed by atoms with Gasteiger partial charge in [-0.2, -0.15) is 0 Å². The first-order chi connectivity index (χ1) is 18.8. The second-order valence-electron chi connectivity index (χ2n) is 9.19. The number of halogens is 1. The third-order valence-electron chi connectivity index (χ3n) is 6.78. The minimum Gasteiger partial charge on any atom is -0.311 e. The number of nitrogens with zero attached hydrogens (tertiary/aromatic N) is 1. The van der Waals surface area contributed by atoms with Crippen LogP contribution in [0.2, 0.25) is 0 Å². The van der Waals surface area contributed by atoms with E-state index in [0.717, 1.165) is 21.5 Å². The van der Waals surface area contributed by atoms with Crippen molar-refractivity contribution in [1.29, 1.82) is 0 Å². The molecule has 38 heavy (non-hydrogen) atoms. The molecule has 0 aromatic heterocycles. The molecule has 182 valence electrons. The van der Waals surface area contributed by atoms with Gasteiger partial charge in [0.25, 0.3) is 0 Å². The lowest BCUT2D eigenvalue weighted by molar-refractivity contribution is 1.28. The zero-order valence-electron chi connectivity index (χ0n) is 20.8. The predicted molar refractivity (Wildman–Crippen MR) is 165 cm³/mol. The molecule has 0 amide bonds. The predicted octanol–water partition coefficient (Wildman–Crippen LogP) is 10.9. The maximum absolute atomic E-state index is 3.69. The fourth-order valence-corrected chi connectivity index (χ4v) is 5.31. The van der Waals surface area contributed by atoms with E-state index in [0.29, 0.717) is 0 Å². The molecule has 0 atom stereocenters. The lowest BCUT2D eigenvalue weighted by Crippen LogP contribution is -2.09. The third-order valence-corrected chi connectivity index (χ3v) is 7.47. The number of anilines is 3. The number of benzene rings is 6. The van der Waals surface area contributed by atoms with Crippen LogP contribution in [0.1, 0.15) is 0 Å². The van der Waals surface area contributed by atoms with E-state index in [1.807, 2.05) is 6.07 Å². The first-order valence-corrected chi connectivity index (χ1v) is 13.5. The smallest absolute Gasteiger partial charge is 0.0462 e. The summed E-state index contributed by atoms with van der Waals surface area (Å²) in [4.78, 5) is 2.30. The molecule has 0 heterocycles. The Morgan fingerprint density at radius 2 is 0.684 bits per heavy atom. The van der Waals surface area contributed by atoms with E-state index in [2.05, 4.69) is 172 Å². The molecular formula is C36H26BrN. The maximum atomic E-state index is 3.69. The molecule has 6 aromatic carbocycles. The molecule has 0 radical (unpaired) electrons. The molecule has 0 aliphatic rings. The molecule has 0 saturated heterocycles. The highest BCUT2D eigenvalue weighted by molar-refractivity contribution is 9.10. The Morgan fingerprint density at radius 1 is 0.316 bits per heavy atom. The minimum atomic E-state index is 1.10. The van der Waals surface area contributed by atoms with Crippen molar-refractivity contribution in [3.8, 4) is 33.4 Å². The number of hydrogen-bond donors (Lipinski definition) is 0. The van der Waals surface area contributed by atoms with E-state index in [4.69, 9.17) is 0 Å². The number of rotatable bonds is 6. The highest BCUT2D eigenvalue weighted by Crippen LogP contribution is 2.37. The Bertz CT molecular complexity index is 1620. The Hall–Kier alpha value is -4.40. The molecule has 0 fully saturated rings. The van der Waals surface area contributed by atoms with Gasteiger partial charge in [-0.3, -0.25) is 0 Å². The second-order valence-corrected chi connectivity index (χ2v) is 10.0. The van der Waals surface area contributed by atoms with Crippen LogP contribution in [-0.4, -0.2) is 0 Å². The van der Waals surface area contributed by atoms with E-state index in [9.17, 15) is 0 Å². The lowest BCUT2D eigenvalue weighted by Gasteiger charge is -2.26. The van der Waals surface area contributed by atoms with Crippen LogP contribution in [0.4, 0.5) is 17.1 Å². The van der Waals surface area contributed by atoms with Gasteiger partial charge in [0.1, 0.15) is 0 Å². The summed E-state index contributed by atoms with van der Waals surface area (Å²) in [6, 6.07) is 55.7. The molecule has 0 bridgehead atoms. The fourth-order valence-electron chi connectivity index (χ4n) is 4.80. The van der Waals surface area contributed by atoms with Gasteiger partial charge in [0, 0.05) is 21.5 Å². The van der Waals surface area contributed by atoms with E-state index >= 15 is 0 Å². The van der Waals surface area contributed by atoms with Crippen LogP contribution in [0.5, 0.6) is 0 Å². The Balaban J connectivity index is 1.31. The quantitative estimate of drug-likeness (QED) is 0.199. The summed E-state index contributed by atoms with van der Waals surface area (Å²) in [5.41, 5.74) is 10.6. The second kappa shape index (κ2) is 10.9. The lowest BCUT2D eigenvalue weighted by atomic mass is 10.00. The van der Waals surface area contributed by atoms with Crippen LogP contribution in [0.15, 0.2) is 162 Å². The van der Waals surface area contributed by atoms with Crippen molar-refractivity contribution < 1.29 is 0 Å². The first kappa shape index (κ1) is 24.0. The topological polar surface area (TPSA) is 3.24 Å². The van der Waals surface area contributed by atoms with Crippen molar-refractivity contribution >= 4 is 33.0 Å². The number of hydrogen-bond acceptors (Lipinski definition) is 1. The Morgan fingerprint density at radius 3 is 1.21 bits per heavy atom. The summed E-state index contributed by atoms with van der Waals surface area (Å²) in [6.45, 7) is 0. The molecule has 0 unspecified atom stereocenters. The largest absolute Gasteiger partial charge is 0.311 e. The van der Waals surface area contributed by atoms with E-state index < -0.39 is 0 Å². The maximum Gasteiger partial charge on any atom is 0.0462 e. The summed E-state index contributed by atoms with van der Waals surface area (Å²) < 4.78 is 1.10. The number of para-hydroxylation sites is 1. The monoisotopic (exact) mass is 551 g/mol. The van der Waals surface area contributed by atoms with Crippen LogP contribution in [0.25, 0.3) is 33.4 Å². The summed E-state index contributed by atoms with van der Waals surface area (Å²) >= 11 is 3.69. The third kappa shape index (κ3) is 5.04. The molecule has 0 N–H and O–H groups in total. The molecule has 0 aliphatic carbocycles. The summed E-state index contributed by atoms with van der Waals surface area (Å²) in [6.07, 6.45) is 0. The highest BCUT2D eigenvalue weighted by atomic mass is 79.9. The van der Waals surface area contributed by atoms with Gasteiger partial charge in [-0.25, -0.2) is 0 Å².